The van der Waals surface area contributed by atoms with Crippen LogP contribution in [0.25, 0.3) is 11.3 Å². The number of aliphatic imine (C=N–C) groups is 1. The number of nitrogens with zero attached hydrogens (tertiary/aromatic N) is 3. The van der Waals surface area contributed by atoms with Crippen LogP contribution in [0.2, 0.25) is 0 Å². The van der Waals surface area contributed by atoms with Crippen molar-refractivity contribution in [3.8, 4) is 17.0 Å². The fourth-order valence-electron chi connectivity index (χ4n) is 3.38. The minimum Gasteiger partial charge on any atom is -0.492 e. The number of rotatable bonds is 7. The molecule has 7 heteroatoms. The Morgan fingerprint density at radius 2 is 1.87 bits per heavy atom. The van der Waals surface area contributed by atoms with Crippen molar-refractivity contribution in [1.82, 2.24) is 14.8 Å². The number of nitrogens with one attached hydrogen (secondary N) is 1. The summed E-state index contributed by atoms with van der Waals surface area (Å²) in [7, 11) is 0. The minimum atomic E-state index is -0.121. The van der Waals surface area contributed by atoms with Crippen molar-refractivity contribution < 1.29 is 4.74 Å². The van der Waals surface area contributed by atoms with Gasteiger partial charge in [0.1, 0.15) is 16.4 Å². The highest BCUT2D eigenvalue weighted by molar-refractivity contribution is 7.12. The third-order valence-electron chi connectivity index (χ3n) is 4.86. The van der Waals surface area contributed by atoms with Gasteiger partial charge >= 0.3 is 0 Å². The summed E-state index contributed by atoms with van der Waals surface area (Å²) in [6, 6.07) is 17.6. The SMILES string of the molecule is CCOc1ccccc1N=Cc1c(C)[nH]n(Cc2nc(-c3ccccc3)c(C)s2)c1=O. The molecule has 158 valence electrons. The Morgan fingerprint density at radius 1 is 1.13 bits per heavy atom. The number of aromatic amines is 1. The van der Waals surface area contributed by atoms with E-state index in [1.807, 2.05) is 68.4 Å². The highest BCUT2D eigenvalue weighted by Gasteiger charge is 2.14. The Morgan fingerprint density at radius 3 is 2.65 bits per heavy atom. The summed E-state index contributed by atoms with van der Waals surface area (Å²) >= 11 is 1.60. The second kappa shape index (κ2) is 9.14. The molecule has 0 radical (unpaired) electrons. The smallest absolute Gasteiger partial charge is 0.275 e. The van der Waals surface area contributed by atoms with Crippen molar-refractivity contribution >= 4 is 23.2 Å². The quantitative estimate of drug-likeness (QED) is 0.412. The number of ether oxygens (including phenoxy) is 1. The predicted octanol–water partition coefficient (Wildman–Crippen LogP) is 5.11. The van der Waals surface area contributed by atoms with Crippen LogP contribution in [0.1, 0.15) is 28.1 Å². The highest BCUT2D eigenvalue weighted by Crippen LogP contribution is 2.28. The molecule has 0 saturated carbocycles. The molecule has 0 spiro atoms. The lowest BCUT2D eigenvalue weighted by Gasteiger charge is -2.05. The first-order valence-electron chi connectivity index (χ1n) is 10.1. The van der Waals surface area contributed by atoms with Crippen LogP contribution in [0, 0.1) is 13.8 Å². The summed E-state index contributed by atoms with van der Waals surface area (Å²) in [5.41, 5.74) is 3.91. The van der Waals surface area contributed by atoms with Gasteiger partial charge in [0.05, 0.1) is 24.4 Å². The number of hydrogen-bond acceptors (Lipinski definition) is 5. The maximum absolute atomic E-state index is 13.0. The van der Waals surface area contributed by atoms with E-state index in [2.05, 4.69) is 17.0 Å². The first-order chi connectivity index (χ1) is 15.1. The molecule has 2 aromatic heterocycles. The third kappa shape index (κ3) is 4.51. The fraction of sp³-hybridized carbons (Fsp3) is 0.208. The average Bonchev–Trinajstić information content (AvgIpc) is 3.27. The molecule has 4 rings (SSSR count). The lowest BCUT2D eigenvalue weighted by Crippen LogP contribution is -2.19. The zero-order chi connectivity index (χ0) is 21.8. The minimum absolute atomic E-state index is 0.121. The van der Waals surface area contributed by atoms with Crippen molar-refractivity contribution in [3.05, 3.63) is 86.1 Å². The highest BCUT2D eigenvalue weighted by atomic mass is 32.1. The van der Waals surface area contributed by atoms with Gasteiger partial charge in [-0.25, -0.2) is 9.67 Å². The van der Waals surface area contributed by atoms with Crippen LogP contribution in [-0.2, 0) is 6.54 Å². The molecule has 0 fully saturated rings. The van der Waals surface area contributed by atoms with Gasteiger partial charge in [0.25, 0.3) is 5.56 Å². The van der Waals surface area contributed by atoms with E-state index < -0.39 is 0 Å². The molecule has 0 bridgehead atoms. The maximum atomic E-state index is 13.0. The van der Waals surface area contributed by atoms with Crippen LogP contribution in [0.5, 0.6) is 5.75 Å². The average molecular weight is 433 g/mol. The second-order valence-electron chi connectivity index (χ2n) is 7.08. The van der Waals surface area contributed by atoms with E-state index in [1.54, 1.807) is 22.2 Å². The molecule has 0 saturated heterocycles. The molecule has 4 aromatic rings. The molecule has 0 aliphatic rings. The van der Waals surface area contributed by atoms with Crippen LogP contribution in [-0.4, -0.2) is 27.6 Å². The molecule has 0 aliphatic carbocycles. The predicted molar refractivity (Wildman–Crippen MR) is 126 cm³/mol. The molecule has 1 N–H and O–H groups in total. The van der Waals surface area contributed by atoms with Gasteiger partial charge in [-0.1, -0.05) is 42.5 Å². The number of hydrogen-bond donors (Lipinski definition) is 1. The van der Waals surface area contributed by atoms with Gasteiger partial charge in [-0.2, -0.15) is 0 Å². The second-order valence-corrected chi connectivity index (χ2v) is 8.37. The Balaban J connectivity index is 1.59. The molecule has 6 nitrogen and oxygen atoms in total. The number of para-hydroxylation sites is 2. The molecule has 0 aliphatic heterocycles. The lowest BCUT2D eigenvalue weighted by molar-refractivity contribution is 0.341. The summed E-state index contributed by atoms with van der Waals surface area (Å²) in [5.74, 6) is 0.696. The molecule has 2 aromatic carbocycles. The van der Waals surface area contributed by atoms with Gasteiger partial charge in [-0.05, 0) is 32.9 Å². The van der Waals surface area contributed by atoms with Crippen LogP contribution in [0.15, 0.2) is 64.4 Å². The van der Waals surface area contributed by atoms with Gasteiger partial charge < -0.3 is 4.74 Å². The summed E-state index contributed by atoms with van der Waals surface area (Å²) in [6.45, 7) is 6.80. The molecule has 0 atom stereocenters. The summed E-state index contributed by atoms with van der Waals surface area (Å²) < 4.78 is 7.19. The van der Waals surface area contributed by atoms with Crippen LogP contribution >= 0.6 is 11.3 Å². The number of aryl methyl sites for hydroxylation is 2. The zero-order valence-electron chi connectivity index (χ0n) is 17.8. The summed E-state index contributed by atoms with van der Waals surface area (Å²) in [5, 5.41) is 4.03. The number of benzene rings is 2. The Kier molecular flexibility index (Phi) is 6.13. The van der Waals surface area contributed by atoms with Crippen molar-refractivity contribution in [3.63, 3.8) is 0 Å². The maximum Gasteiger partial charge on any atom is 0.275 e. The number of H-pyrrole nitrogens is 1. The molecule has 0 unspecified atom stereocenters. The molecule has 31 heavy (non-hydrogen) atoms. The Bertz CT molecular complexity index is 1270. The third-order valence-corrected chi connectivity index (χ3v) is 5.82. The van der Waals surface area contributed by atoms with Crippen molar-refractivity contribution in [2.24, 2.45) is 4.99 Å². The standard InChI is InChI=1S/C24H24N4O2S/c1-4-30-21-13-9-8-12-20(21)25-14-19-16(2)27-28(24(19)29)15-22-26-23(17(3)31-22)18-10-6-5-7-11-18/h5-14,27H,4,15H2,1-3H3. The first kappa shape index (κ1) is 20.8. The van der Waals surface area contributed by atoms with E-state index in [-0.39, 0.29) is 5.56 Å². The molecular weight excluding hydrogens is 408 g/mol. The van der Waals surface area contributed by atoms with Gasteiger partial charge in [0, 0.05) is 22.3 Å². The number of thiazole rings is 1. The van der Waals surface area contributed by atoms with E-state index in [4.69, 9.17) is 9.72 Å². The fourth-order valence-corrected chi connectivity index (χ4v) is 4.32. The first-order valence-corrected chi connectivity index (χ1v) is 11.0. The van der Waals surface area contributed by atoms with Gasteiger partial charge in [-0.3, -0.25) is 14.9 Å². The van der Waals surface area contributed by atoms with Crippen molar-refractivity contribution in [2.45, 2.75) is 27.3 Å². The van der Waals surface area contributed by atoms with Crippen LogP contribution < -0.4 is 10.3 Å². The van der Waals surface area contributed by atoms with Crippen LogP contribution in [0.3, 0.4) is 0 Å². The summed E-state index contributed by atoms with van der Waals surface area (Å²) in [6.07, 6.45) is 1.60. The summed E-state index contributed by atoms with van der Waals surface area (Å²) in [4.78, 5) is 23.4. The Hall–Kier alpha value is -3.45. The van der Waals surface area contributed by atoms with E-state index in [1.165, 1.54) is 0 Å². The van der Waals surface area contributed by atoms with Crippen molar-refractivity contribution in [2.75, 3.05) is 6.61 Å². The lowest BCUT2D eigenvalue weighted by atomic mass is 10.1. The van der Waals surface area contributed by atoms with E-state index in [0.717, 1.165) is 26.8 Å². The van der Waals surface area contributed by atoms with Crippen LogP contribution in [0.4, 0.5) is 5.69 Å². The van der Waals surface area contributed by atoms with Gasteiger partial charge in [0.15, 0.2) is 0 Å². The molecule has 0 amide bonds. The largest absolute Gasteiger partial charge is 0.492 e. The normalized spacial score (nSPS) is 11.3. The topological polar surface area (TPSA) is 72.3 Å². The van der Waals surface area contributed by atoms with E-state index in [0.29, 0.717) is 30.2 Å². The Labute approximate surface area is 184 Å². The monoisotopic (exact) mass is 432 g/mol. The molecular formula is C24H24N4O2S. The van der Waals surface area contributed by atoms with E-state index in [9.17, 15) is 4.79 Å². The van der Waals surface area contributed by atoms with Gasteiger partial charge in [0.2, 0.25) is 0 Å². The zero-order valence-corrected chi connectivity index (χ0v) is 18.6. The number of aromatic nitrogens is 3. The van der Waals surface area contributed by atoms with E-state index >= 15 is 0 Å². The van der Waals surface area contributed by atoms with Crippen molar-refractivity contribution in [1.29, 1.82) is 0 Å². The van der Waals surface area contributed by atoms with Gasteiger partial charge in [-0.15, -0.1) is 11.3 Å². The molecule has 2 heterocycles.